The standard InChI is InChI=1S/C7H9NO2S/c8-5-6-2-1-3-7(4-6)11(9)10/h3,6,11H,1-2,4H2. The van der Waals surface area contributed by atoms with Crippen molar-refractivity contribution >= 4 is 10.7 Å². The van der Waals surface area contributed by atoms with Crippen LogP contribution >= 0.6 is 0 Å². The molecule has 0 aromatic rings. The molecule has 0 bridgehead atoms. The zero-order chi connectivity index (χ0) is 8.27. The third-order valence-corrected chi connectivity index (χ3v) is 2.60. The van der Waals surface area contributed by atoms with Gasteiger partial charge in [0.1, 0.15) is 0 Å². The van der Waals surface area contributed by atoms with Crippen molar-refractivity contribution in [1.82, 2.24) is 0 Å². The smallest absolute Gasteiger partial charge is 0.164 e. The van der Waals surface area contributed by atoms with E-state index in [9.17, 15) is 8.42 Å². The lowest BCUT2D eigenvalue weighted by Gasteiger charge is -2.11. The predicted molar refractivity (Wildman–Crippen MR) is 41.4 cm³/mol. The summed E-state index contributed by atoms with van der Waals surface area (Å²) in [4.78, 5) is 0.429. The van der Waals surface area contributed by atoms with Gasteiger partial charge in [-0.15, -0.1) is 0 Å². The molecular weight excluding hydrogens is 162 g/mol. The summed E-state index contributed by atoms with van der Waals surface area (Å²) in [6.07, 6.45) is 3.63. The van der Waals surface area contributed by atoms with Gasteiger partial charge in [-0.1, -0.05) is 6.08 Å². The van der Waals surface area contributed by atoms with Gasteiger partial charge in [-0.25, -0.2) is 8.42 Å². The van der Waals surface area contributed by atoms with Crippen LogP contribution in [0.4, 0.5) is 0 Å². The maximum Gasteiger partial charge on any atom is 0.164 e. The van der Waals surface area contributed by atoms with Gasteiger partial charge in [0.2, 0.25) is 0 Å². The van der Waals surface area contributed by atoms with E-state index in [4.69, 9.17) is 5.26 Å². The lowest BCUT2D eigenvalue weighted by atomic mass is 9.96. The van der Waals surface area contributed by atoms with E-state index in [1.54, 1.807) is 6.08 Å². The largest absolute Gasteiger partial charge is 0.227 e. The molecule has 0 N–H and O–H groups in total. The van der Waals surface area contributed by atoms with Crippen molar-refractivity contribution in [2.75, 3.05) is 0 Å². The zero-order valence-electron chi connectivity index (χ0n) is 5.99. The fourth-order valence-electron chi connectivity index (χ4n) is 1.15. The van der Waals surface area contributed by atoms with Crippen molar-refractivity contribution in [3.63, 3.8) is 0 Å². The molecule has 0 aromatic carbocycles. The third kappa shape index (κ3) is 2.05. The molecular formula is C7H9NO2S. The van der Waals surface area contributed by atoms with Crippen molar-refractivity contribution < 1.29 is 8.42 Å². The van der Waals surface area contributed by atoms with Gasteiger partial charge in [0.15, 0.2) is 10.7 Å². The van der Waals surface area contributed by atoms with Crippen LogP contribution in [0, 0.1) is 17.2 Å². The molecule has 1 rings (SSSR count). The molecule has 0 aromatic heterocycles. The summed E-state index contributed by atoms with van der Waals surface area (Å²) in [6.45, 7) is 0. The predicted octanol–water partition coefficient (Wildman–Crippen LogP) is 0.805. The van der Waals surface area contributed by atoms with E-state index < -0.39 is 10.7 Å². The molecule has 1 unspecified atom stereocenters. The van der Waals surface area contributed by atoms with Crippen molar-refractivity contribution in [2.24, 2.45) is 5.92 Å². The first-order valence-corrected chi connectivity index (χ1v) is 4.65. The van der Waals surface area contributed by atoms with E-state index in [0.717, 1.165) is 12.8 Å². The highest BCUT2D eigenvalue weighted by molar-refractivity contribution is 7.76. The summed E-state index contributed by atoms with van der Waals surface area (Å²) in [7, 11) is -2.44. The molecule has 0 spiro atoms. The maximum absolute atomic E-state index is 10.5. The van der Waals surface area contributed by atoms with Crippen molar-refractivity contribution in [1.29, 1.82) is 5.26 Å². The monoisotopic (exact) mass is 171 g/mol. The molecule has 0 saturated carbocycles. The number of allylic oxidation sites excluding steroid dienone is 2. The van der Waals surface area contributed by atoms with Crippen LogP contribution in [-0.4, -0.2) is 8.42 Å². The molecule has 0 aliphatic heterocycles. The van der Waals surface area contributed by atoms with Crippen LogP contribution in [0.2, 0.25) is 0 Å². The van der Waals surface area contributed by atoms with Crippen LogP contribution in [0.5, 0.6) is 0 Å². The molecule has 1 atom stereocenters. The average molecular weight is 171 g/mol. The molecule has 11 heavy (non-hydrogen) atoms. The highest BCUT2D eigenvalue weighted by Gasteiger charge is 2.15. The minimum absolute atomic E-state index is 0.0945. The topological polar surface area (TPSA) is 57.9 Å². The molecule has 0 saturated heterocycles. The first-order chi connectivity index (χ1) is 5.24. The highest BCUT2D eigenvalue weighted by Crippen LogP contribution is 2.23. The highest BCUT2D eigenvalue weighted by atomic mass is 32.2. The summed E-state index contributed by atoms with van der Waals surface area (Å²) in [5.41, 5.74) is 0. The van der Waals surface area contributed by atoms with E-state index in [1.807, 2.05) is 0 Å². The molecule has 1 aliphatic carbocycles. The van der Waals surface area contributed by atoms with Crippen LogP contribution in [0.3, 0.4) is 0 Å². The fraction of sp³-hybridized carbons (Fsp3) is 0.571. The fourth-order valence-corrected chi connectivity index (χ4v) is 1.80. The SMILES string of the molecule is N#CC1CCC=C([SH](=O)=O)C1. The number of nitriles is 1. The van der Waals surface area contributed by atoms with Crippen molar-refractivity contribution in [3.8, 4) is 6.07 Å². The Morgan fingerprint density at radius 1 is 1.64 bits per heavy atom. The molecule has 0 radical (unpaired) electrons. The maximum atomic E-state index is 10.5. The van der Waals surface area contributed by atoms with Gasteiger partial charge in [-0.3, -0.25) is 0 Å². The number of rotatable bonds is 1. The number of hydrogen-bond acceptors (Lipinski definition) is 3. The van der Waals surface area contributed by atoms with Gasteiger partial charge in [0.05, 0.1) is 12.0 Å². The van der Waals surface area contributed by atoms with Crippen LogP contribution in [0.15, 0.2) is 11.0 Å². The number of thiol groups is 1. The summed E-state index contributed by atoms with van der Waals surface area (Å²) >= 11 is 0. The lowest BCUT2D eigenvalue weighted by Crippen LogP contribution is -2.04. The van der Waals surface area contributed by atoms with Gasteiger partial charge in [-0.2, -0.15) is 5.26 Å². The first kappa shape index (κ1) is 8.28. The summed E-state index contributed by atoms with van der Waals surface area (Å²) in [5.74, 6) is -0.0945. The molecule has 4 heteroatoms. The van der Waals surface area contributed by atoms with Crippen molar-refractivity contribution in [2.45, 2.75) is 19.3 Å². The van der Waals surface area contributed by atoms with Crippen LogP contribution < -0.4 is 0 Å². The minimum Gasteiger partial charge on any atom is -0.227 e. The third-order valence-electron chi connectivity index (χ3n) is 1.77. The van der Waals surface area contributed by atoms with Gasteiger partial charge in [0.25, 0.3) is 0 Å². The Morgan fingerprint density at radius 2 is 2.36 bits per heavy atom. The average Bonchev–Trinajstić information content (AvgIpc) is 2.05. The summed E-state index contributed by atoms with van der Waals surface area (Å²) in [5, 5.41) is 8.52. The minimum atomic E-state index is -2.44. The van der Waals surface area contributed by atoms with E-state index >= 15 is 0 Å². The van der Waals surface area contributed by atoms with E-state index in [2.05, 4.69) is 6.07 Å². The molecule has 3 nitrogen and oxygen atoms in total. The van der Waals surface area contributed by atoms with Crippen LogP contribution in [0.25, 0.3) is 0 Å². The summed E-state index contributed by atoms with van der Waals surface area (Å²) in [6, 6.07) is 2.08. The Kier molecular flexibility index (Phi) is 2.66. The summed E-state index contributed by atoms with van der Waals surface area (Å²) < 4.78 is 21.0. The normalized spacial score (nSPS) is 24.4. The Hall–Kier alpha value is -0.820. The van der Waals surface area contributed by atoms with E-state index in [0.29, 0.717) is 11.3 Å². The number of nitrogens with zero attached hydrogens (tertiary/aromatic N) is 1. The van der Waals surface area contributed by atoms with Crippen molar-refractivity contribution in [3.05, 3.63) is 11.0 Å². The Bertz CT molecular complexity index is 277. The Labute approximate surface area is 67.3 Å². The van der Waals surface area contributed by atoms with Crippen LogP contribution in [-0.2, 0) is 10.7 Å². The van der Waals surface area contributed by atoms with Gasteiger partial charge in [-0.05, 0) is 19.3 Å². The van der Waals surface area contributed by atoms with E-state index in [1.165, 1.54) is 0 Å². The Morgan fingerprint density at radius 3 is 2.91 bits per heavy atom. The second-order valence-corrected chi connectivity index (χ2v) is 3.65. The Balaban J connectivity index is 2.72. The zero-order valence-corrected chi connectivity index (χ0v) is 6.88. The second kappa shape index (κ2) is 3.54. The molecule has 60 valence electrons. The van der Waals surface area contributed by atoms with Gasteiger partial charge >= 0.3 is 0 Å². The van der Waals surface area contributed by atoms with Gasteiger partial charge in [0, 0.05) is 4.91 Å². The van der Waals surface area contributed by atoms with Crippen LogP contribution in [0.1, 0.15) is 19.3 Å². The van der Waals surface area contributed by atoms with Gasteiger partial charge < -0.3 is 0 Å². The molecule has 0 amide bonds. The lowest BCUT2D eigenvalue weighted by molar-refractivity contribution is 0.575. The number of hydrogen-bond donors (Lipinski definition) is 1. The second-order valence-electron chi connectivity index (χ2n) is 2.56. The molecule has 1 aliphatic rings. The van der Waals surface area contributed by atoms with E-state index in [-0.39, 0.29) is 5.92 Å². The molecule has 0 heterocycles. The first-order valence-electron chi connectivity index (χ1n) is 3.47. The quantitative estimate of drug-likeness (QED) is 0.594. The molecule has 0 fully saturated rings.